The van der Waals surface area contributed by atoms with Crippen LogP contribution in [0.2, 0.25) is 0 Å². The van der Waals surface area contributed by atoms with Crippen LogP contribution in [0.15, 0.2) is 24.4 Å². The van der Waals surface area contributed by atoms with E-state index >= 15 is 0 Å². The lowest BCUT2D eigenvalue weighted by Crippen LogP contribution is -2.08. The molecule has 0 N–H and O–H groups in total. The quantitative estimate of drug-likeness (QED) is 0.643. The van der Waals surface area contributed by atoms with Crippen LogP contribution >= 0.6 is 11.6 Å². The number of rotatable bonds is 3. The van der Waals surface area contributed by atoms with Gasteiger partial charge >= 0.3 is 6.18 Å². The molecule has 1 heterocycles. The molecule has 0 fully saturated rings. The highest BCUT2D eigenvalue weighted by atomic mass is 35.5. The molecular formula is C11H8ClF4N3. The van der Waals surface area contributed by atoms with Gasteiger partial charge in [-0.3, -0.25) is 0 Å². The monoisotopic (exact) mass is 293 g/mol. The predicted octanol–water partition coefficient (Wildman–Crippen LogP) is 3.21. The van der Waals surface area contributed by atoms with Crippen molar-refractivity contribution in [3.05, 3.63) is 41.5 Å². The number of benzene rings is 1. The van der Waals surface area contributed by atoms with Crippen LogP contribution < -0.4 is 0 Å². The van der Waals surface area contributed by atoms with Crippen LogP contribution in [0.5, 0.6) is 0 Å². The third kappa shape index (κ3) is 3.04. The predicted molar refractivity (Wildman–Crippen MR) is 60.7 cm³/mol. The molecule has 2 aromatic rings. The third-order valence-corrected chi connectivity index (χ3v) is 2.60. The van der Waals surface area contributed by atoms with Crippen LogP contribution in [-0.4, -0.2) is 20.9 Å². The Kier molecular flexibility index (Phi) is 3.75. The minimum absolute atomic E-state index is 0.295. The van der Waals surface area contributed by atoms with E-state index in [-0.39, 0.29) is 5.69 Å². The number of halogens is 5. The van der Waals surface area contributed by atoms with Crippen LogP contribution in [0, 0.1) is 5.82 Å². The zero-order chi connectivity index (χ0) is 14.0. The van der Waals surface area contributed by atoms with Gasteiger partial charge in [0, 0.05) is 12.3 Å². The normalized spacial score (nSPS) is 11.8. The smallest absolute Gasteiger partial charge is 0.217 e. The number of alkyl halides is 4. The summed E-state index contributed by atoms with van der Waals surface area (Å²) in [5, 5.41) is 7.29. The lowest BCUT2D eigenvalue weighted by atomic mass is 10.2. The molecule has 0 bridgehead atoms. The van der Waals surface area contributed by atoms with E-state index in [1.165, 1.54) is 6.20 Å². The van der Waals surface area contributed by atoms with Crippen molar-refractivity contribution in [1.82, 2.24) is 15.0 Å². The SMILES string of the molecule is Fc1ccc(C(F)(F)F)cc1-n1cc(CCCl)nn1. The number of aryl methyl sites for hydroxylation is 1. The van der Waals surface area contributed by atoms with Gasteiger partial charge in [-0.05, 0) is 18.2 Å². The van der Waals surface area contributed by atoms with Crippen LogP contribution in [-0.2, 0) is 12.6 Å². The molecule has 19 heavy (non-hydrogen) atoms. The van der Waals surface area contributed by atoms with Crippen molar-refractivity contribution in [3.8, 4) is 5.69 Å². The third-order valence-electron chi connectivity index (χ3n) is 2.41. The second kappa shape index (κ2) is 5.16. The lowest BCUT2D eigenvalue weighted by Gasteiger charge is -2.09. The van der Waals surface area contributed by atoms with E-state index in [4.69, 9.17) is 11.6 Å². The Bertz CT molecular complexity index is 580. The van der Waals surface area contributed by atoms with Crippen molar-refractivity contribution in [3.63, 3.8) is 0 Å². The standard InChI is InChI=1S/C11H8ClF4N3/c12-4-3-8-6-19(18-17-8)10-5-7(11(14,15)16)1-2-9(10)13/h1-2,5-6H,3-4H2. The van der Waals surface area contributed by atoms with E-state index in [2.05, 4.69) is 10.3 Å². The first-order valence-corrected chi connectivity index (χ1v) is 5.79. The van der Waals surface area contributed by atoms with Gasteiger partial charge in [0.05, 0.1) is 17.5 Å². The molecule has 0 spiro atoms. The Labute approximate surface area is 110 Å². The molecule has 1 aromatic carbocycles. The van der Waals surface area contributed by atoms with Crippen molar-refractivity contribution in [2.24, 2.45) is 0 Å². The van der Waals surface area contributed by atoms with Crippen LogP contribution in [0.4, 0.5) is 17.6 Å². The van der Waals surface area contributed by atoms with Gasteiger partial charge in [0.1, 0.15) is 11.5 Å². The number of nitrogens with zero attached hydrogens (tertiary/aromatic N) is 3. The summed E-state index contributed by atoms with van der Waals surface area (Å²) >= 11 is 5.51. The van der Waals surface area contributed by atoms with Crippen molar-refractivity contribution in [2.45, 2.75) is 12.6 Å². The first-order valence-electron chi connectivity index (χ1n) is 5.26. The Hall–Kier alpha value is -1.63. The molecule has 0 saturated heterocycles. The fourth-order valence-electron chi connectivity index (χ4n) is 1.49. The van der Waals surface area contributed by atoms with E-state index in [1.807, 2.05) is 0 Å². The minimum atomic E-state index is -4.54. The average Bonchev–Trinajstić information content (AvgIpc) is 2.77. The molecule has 0 aliphatic heterocycles. The highest BCUT2D eigenvalue weighted by Gasteiger charge is 2.31. The molecule has 0 aliphatic carbocycles. The van der Waals surface area contributed by atoms with Gasteiger partial charge in [-0.15, -0.1) is 16.7 Å². The van der Waals surface area contributed by atoms with Crippen LogP contribution in [0.3, 0.4) is 0 Å². The van der Waals surface area contributed by atoms with E-state index in [1.54, 1.807) is 0 Å². The van der Waals surface area contributed by atoms with E-state index in [9.17, 15) is 17.6 Å². The molecule has 0 amide bonds. The Morgan fingerprint density at radius 3 is 2.63 bits per heavy atom. The zero-order valence-electron chi connectivity index (χ0n) is 9.46. The van der Waals surface area contributed by atoms with Crippen molar-refractivity contribution in [2.75, 3.05) is 5.88 Å². The molecular weight excluding hydrogens is 286 g/mol. The summed E-state index contributed by atoms with van der Waals surface area (Å²) in [6.45, 7) is 0. The molecule has 0 radical (unpaired) electrons. The fraction of sp³-hybridized carbons (Fsp3) is 0.273. The number of aromatic nitrogens is 3. The average molecular weight is 294 g/mol. The van der Waals surface area contributed by atoms with Gasteiger partial charge in [-0.25, -0.2) is 9.07 Å². The van der Waals surface area contributed by atoms with E-state index in [0.29, 0.717) is 30.1 Å². The summed E-state index contributed by atoms with van der Waals surface area (Å²) in [5.74, 6) is -0.514. The molecule has 0 saturated carbocycles. The highest BCUT2D eigenvalue weighted by Crippen LogP contribution is 2.31. The van der Waals surface area contributed by atoms with Gasteiger partial charge in [0.25, 0.3) is 0 Å². The Balaban J connectivity index is 2.42. The number of hydrogen-bond donors (Lipinski definition) is 0. The second-order valence-corrected chi connectivity index (χ2v) is 4.14. The van der Waals surface area contributed by atoms with Crippen LogP contribution in [0.1, 0.15) is 11.3 Å². The summed E-state index contributed by atoms with van der Waals surface area (Å²) in [6.07, 6.45) is -2.79. The zero-order valence-corrected chi connectivity index (χ0v) is 10.2. The molecule has 102 valence electrons. The van der Waals surface area contributed by atoms with Crippen molar-refractivity contribution < 1.29 is 17.6 Å². The molecule has 0 aliphatic rings. The van der Waals surface area contributed by atoms with Crippen LogP contribution in [0.25, 0.3) is 5.69 Å². The Morgan fingerprint density at radius 2 is 2.00 bits per heavy atom. The molecule has 2 rings (SSSR count). The number of hydrogen-bond acceptors (Lipinski definition) is 2. The molecule has 0 atom stereocenters. The summed E-state index contributed by atoms with van der Waals surface area (Å²) < 4.78 is 52.2. The van der Waals surface area contributed by atoms with Gasteiger partial charge in [-0.1, -0.05) is 5.21 Å². The summed E-state index contributed by atoms with van der Waals surface area (Å²) in [6, 6.07) is 2.12. The minimum Gasteiger partial charge on any atom is -0.217 e. The maximum Gasteiger partial charge on any atom is 0.416 e. The molecule has 1 aromatic heterocycles. The van der Waals surface area contributed by atoms with Gasteiger partial charge in [-0.2, -0.15) is 13.2 Å². The largest absolute Gasteiger partial charge is 0.416 e. The van der Waals surface area contributed by atoms with Gasteiger partial charge in [0.2, 0.25) is 0 Å². The molecule has 0 unspecified atom stereocenters. The topological polar surface area (TPSA) is 30.7 Å². The van der Waals surface area contributed by atoms with Gasteiger partial charge in [0.15, 0.2) is 0 Å². The van der Waals surface area contributed by atoms with E-state index in [0.717, 1.165) is 10.7 Å². The van der Waals surface area contributed by atoms with Crippen molar-refractivity contribution in [1.29, 1.82) is 0 Å². The molecule has 3 nitrogen and oxygen atoms in total. The second-order valence-electron chi connectivity index (χ2n) is 3.76. The summed E-state index contributed by atoms with van der Waals surface area (Å²) in [5.41, 5.74) is -0.770. The highest BCUT2D eigenvalue weighted by molar-refractivity contribution is 6.17. The van der Waals surface area contributed by atoms with E-state index < -0.39 is 17.6 Å². The Morgan fingerprint density at radius 1 is 1.26 bits per heavy atom. The van der Waals surface area contributed by atoms with Gasteiger partial charge < -0.3 is 0 Å². The molecule has 8 heteroatoms. The maximum atomic E-state index is 13.6. The van der Waals surface area contributed by atoms with Crippen molar-refractivity contribution >= 4 is 11.6 Å². The summed E-state index contributed by atoms with van der Waals surface area (Å²) in [4.78, 5) is 0. The first-order chi connectivity index (χ1) is 8.91. The maximum absolute atomic E-state index is 13.6. The summed E-state index contributed by atoms with van der Waals surface area (Å²) in [7, 11) is 0. The first kappa shape index (κ1) is 13.8. The lowest BCUT2D eigenvalue weighted by molar-refractivity contribution is -0.137. The fourth-order valence-corrected chi connectivity index (χ4v) is 1.69.